The molecule has 0 bridgehead atoms. The Morgan fingerprint density at radius 2 is 1.75 bits per heavy atom. The molecule has 1 atom stereocenters. The first-order valence-corrected chi connectivity index (χ1v) is 6.18. The first-order valence-electron chi connectivity index (χ1n) is 6.18. The van der Waals surface area contributed by atoms with Crippen LogP contribution in [0.5, 0.6) is 0 Å². The van der Waals surface area contributed by atoms with Gasteiger partial charge in [-0.05, 0) is 53.4 Å². The van der Waals surface area contributed by atoms with Crippen LogP contribution >= 0.6 is 0 Å². The standard InChI is InChI=1S/C15H26O/c1-5-6-7-8-9-13(2)10-11-14(3)12-15(4)16/h5-6,9,12,15-16H,7-8,10-11H2,1-4H3/b6-5+,13-9+,14-12+. The lowest BCUT2D eigenvalue weighted by atomic mass is 10.0. The van der Waals surface area contributed by atoms with Crippen LogP contribution in [-0.2, 0) is 0 Å². The summed E-state index contributed by atoms with van der Waals surface area (Å²) in [5.74, 6) is 0. The van der Waals surface area contributed by atoms with Crippen LogP contribution < -0.4 is 0 Å². The van der Waals surface area contributed by atoms with Crippen molar-refractivity contribution in [2.24, 2.45) is 0 Å². The van der Waals surface area contributed by atoms with Crippen LogP contribution in [0.3, 0.4) is 0 Å². The van der Waals surface area contributed by atoms with Gasteiger partial charge in [-0.2, -0.15) is 0 Å². The van der Waals surface area contributed by atoms with Crippen molar-refractivity contribution in [3.63, 3.8) is 0 Å². The Hall–Kier alpha value is -0.820. The normalized spacial score (nSPS) is 15.8. The largest absolute Gasteiger partial charge is 0.389 e. The summed E-state index contributed by atoms with van der Waals surface area (Å²) in [6.45, 7) is 8.12. The minimum absolute atomic E-state index is 0.320. The first-order chi connectivity index (χ1) is 7.56. The van der Waals surface area contributed by atoms with Gasteiger partial charge >= 0.3 is 0 Å². The molecule has 0 amide bonds. The van der Waals surface area contributed by atoms with E-state index in [0.29, 0.717) is 0 Å². The Labute approximate surface area is 101 Å². The van der Waals surface area contributed by atoms with Crippen molar-refractivity contribution >= 4 is 0 Å². The molecule has 0 aliphatic heterocycles. The Morgan fingerprint density at radius 3 is 2.31 bits per heavy atom. The molecular weight excluding hydrogens is 196 g/mol. The van der Waals surface area contributed by atoms with Crippen LogP contribution in [0.15, 0.2) is 35.5 Å². The highest BCUT2D eigenvalue weighted by molar-refractivity contribution is 5.06. The van der Waals surface area contributed by atoms with Crippen molar-refractivity contribution in [3.05, 3.63) is 35.5 Å². The summed E-state index contributed by atoms with van der Waals surface area (Å²) in [6.07, 6.45) is 12.6. The number of aliphatic hydroxyl groups is 1. The summed E-state index contributed by atoms with van der Waals surface area (Å²) in [7, 11) is 0. The Balaban J connectivity index is 3.83. The van der Waals surface area contributed by atoms with E-state index in [4.69, 9.17) is 0 Å². The summed E-state index contributed by atoms with van der Waals surface area (Å²) >= 11 is 0. The number of hydrogen-bond donors (Lipinski definition) is 1. The third kappa shape index (κ3) is 9.72. The molecule has 1 heteroatoms. The maximum atomic E-state index is 9.19. The van der Waals surface area contributed by atoms with Gasteiger partial charge in [-0.1, -0.05) is 35.5 Å². The van der Waals surface area contributed by atoms with Gasteiger partial charge in [0.2, 0.25) is 0 Å². The molecule has 1 nitrogen and oxygen atoms in total. The summed E-state index contributed by atoms with van der Waals surface area (Å²) in [6, 6.07) is 0. The molecule has 0 heterocycles. The molecular formula is C15H26O. The Bertz CT molecular complexity index is 257. The van der Waals surface area contributed by atoms with Crippen LogP contribution in [0.25, 0.3) is 0 Å². The third-order valence-electron chi connectivity index (χ3n) is 2.50. The minimum atomic E-state index is -0.320. The molecule has 0 aliphatic rings. The van der Waals surface area contributed by atoms with Crippen LogP contribution in [0, 0.1) is 0 Å². The summed E-state index contributed by atoms with van der Waals surface area (Å²) in [5.41, 5.74) is 2.72. The molecule has 1 unspecified atom stereocenters. The van der Waals surface area contributed by atoms with Gasteiger partial charge in [-0.25, -0.2) is 0 Å². The molecule has 92 valence electrons. The fourth-order valence-corrected chi connectivity index (χ4v) is 1.58. The average Bonchev–Trinajstić information content (AvgIpc) is 2.20. The zero-order chi connectivity index (χ0) is 12.4. The van der Waals surface area contributed by atoms with Gasteiger partial charge in [0.15, 0.2) is 0 Å². The quantitative estimate of drug-likeness (QED) is 0.500. The highest BCUT2D eigenvalue weighted by atomic mass is 16.3. The number of rotatable bonds is 7. The van der Waals surface area contributed by atoms with Crippen LogP contribution in [0.2, 0.25) is 0 Å². The predicted molar refractivity (Wildman–Crippen MR) is 72.5 cm³/mol. The Kier molecular flexibility index (Phi) is 8.93. The molecule has 0 aromatic carbocycles. The lowest BCUT2D eigenvalue weighted by Crippen LogP contribution is -1.94. The molecule has 0 aromatic heterocycles. The van der Waals surface area contributed by atoms with Crippen molar-refractivity contribution in [1.82, 2.24) is 0 Å². The van der Waals surface area contributed by atoms with Gasteiger partial charge in [0.05, 0.1) is 6.10 Å². The summed E-state index contributed by atoms with van der Waals surface area (Å²) in [4.78, 5) is 0. The van der Waals surface area contributed by atoms with Gasteiger partial charge in [-0.3, -0.25) is 0 Å². The van der Waals surface area contributed by atoms with Crippen LogP contribution in [-0.4, -0.2) is 11.2 Å². The molecule has 0 radical (unpaired) electrons. The van der Waals surface area contributed by atoms with E-state index in [2.05, 4.69) is 39.0 Å². The van der Waals surface area contributed by atoms with Gasteiger partial charge in [0.25, 0.3) is 0 Å². The summed E-state index contributed by atoms with van der Waals surface area (Å²) < 4.78 is 0. The zero-order valence-electron chi connectivity index (χ0n) is 11.2. The lowest BCUT2D eigenvalue weighted by molar-refractivity contribution is 0.243. The van der Waals surface area contributed by atoms with E-state index in [-0.39, 0.29) is 6.10 Å². The number of hydrogen-bond acceptors (Lipinski definition) is 1. The maximum Gasteiger partial charge on any atom is 0.0695 e. The van der Waals surface area contributed by atoms with Crippen molar-refractivity contribution in [1.29, 1.82) is 0 Å². The second-order valence-corrected chi connectivity index (χ2v) is 4.45. The van der Waals surface area contributed by atoms with Gasteiger partial charge in [-0.15, -0.1) is 0 Å². The van der Waals surface area contributed by atoms with E-state index in [1.807, 2.05) is 6.08 Å². The van der Waals surface area contributed by atoms with Gasteiger partial charge in [0.1, 0.15) is 0 Å². The van der Waals surface area contributed by atoms with E-state index in [1.165, 1.54) is 11.1 Å². The smallest absolute Gasteiger partial charge is 0.0695 e. The molecule has 0 saturated carbocycles. The molecule has 16 heavy (non-hydrogen) atoms. The van der Waals surface area contributed by atoms with Crippen LogP contribution in [0.4, 0.5) is 0 Å². The SMILES string of the molecule is C/C=C/CC/C=C(\C)CC/C(C)=C/C(C)O. The minimum Gasteiger partial charge on any atom is -0.389 e. The zero-order valence-corrected chi connectivity index (χ0v) is 11.2. The molecule has 0 spiro atoms. The molecule has 0 aliphatic carbocycles. The number of aliphatic hydroxyl groups excluding tert-OH is 1. The second-order valence-electron chi connectivity index (χ2n) is 4.45. The van der Waals surface area contributed by atoms with Crippen molar-refractivity contribution < 1.29 is 5.11 Å². The van der Waals surface area contributed by atoms with Crippen molar-refractivity contribution in [3.8, 4) is 0 Å². The van der Waals surface area contributed by atoms with E-state index >= 15 is 0 Å². The molecule has 0 fully saturated rings. The Morgan fingerprint density at radius 1 is 1.12 bits per heavy atom. The summed E-state index contributed by atoms with van der Waals surface area (Å²) in [5, 5.41) is 9.19. The monoisotopic (exact) mass is 222 g/mol. The topological polar surface area (TPSA) is 20.2 Å². The van der Waals surface area contributed by atoms with Crippen LogP contribution in [0.1, 0.15) is 53.4 Å². The first kappa shape index (κ1) is 15.2. The second kappa shape index (κ2) is 9.41. The third-order valence-corrected chi connectivity index (χ3v) is 2.50. The fraction of sp³-hybridized carbons (Fsp3) is 0.600. The molecule has 0 aromatic rings. The molecule has 1 N–H and O–H groups in total. The maximum absolute atomic E-state index is 9.19. The van der Waals surface area contributed by atoms with E-state index in [9.17, 15) is 5.11 Å². The predicted octanol–water partition coefficient (Wildman–Crippen LogP) is 4.40. The van der Waals surface area contributed by atoms with Crippen molar-refractivity contribution in [2.75, 3.05) is 0 Å². The highest BCUT2D eigenvalue weighted by Crippen LogP contribution is 2.12. The van der Waals surface area contributed by atoms with E-state index < -0.39 is 0 Å². The van der Waals surface area contributed by atoms with E-state index in [1.54, 1.807) is 6.92 Å². The molecule has 0 saturated heterocycles. The molecule has 0 rings (SSSR count). The van der Waals surface area contributed by atoms with E-state index in [0.717, 1.165) is 25.7 Å². The number of allylic oxidation sites excluding steroid dienone is 5. The van der Waals surface area contributed by atoms with Gasteiger partial charge < -0.3 is 5.11 Å². The van der Waals surface area contributed by atoms with Gasteiger partial charge in [0, 0.05) is 0 Å². The average molecular weight is 222 g/mol. The van der Waals surface area contributed by atoms with Crippen molar-refractivity contribution in [2.45, 2.75) is 59.5 Å². The fourth-order valence-electron chi connectivity index (χ4n) is 1.58. The number of unbranched alkanes of at least 4 members (excludes halogenated alkanes) is 1. The highest BCUT2D eigenvalue weighted by Gasteiger charge is 1.95. The lowest BCUT2D eigenvalue weighted by Gasteiger charge is -2.04.